The van der Waals surface area contributed by atoms with Crippen LogP contribution in [0.15, 0.2) is 0 Å². The fraction of sp³-hybridized carbons (Fsp3) is 0.733. The molecule has 0 spiro atoms. The normalized spacial score (nSPS) is 11.0. The number of nitrogens with zero attached hydrogens (tertiary/aromatic N) is 3. The monoisotopic (exact) mass is 295 g/mol. The van der Waals surface area contributed by atoms with Gasteiger partial charge in [-0.3, -0.25) is 0 Å². The molecule has 0 fully saturated rings. The number of aryl methyl sites for hydroxylation is 1. The summed E-state index contributed by atoms with van der Waals surface area (Å²) in [5.74, 6) is 2.73. The molecule has 0 bridgehead atoms. The largest absolute Gasteiger partial charge is 0.383 e. The molecule has 1 aromatic heterocycles. The van der Waals surface area contributed by atoms with Crippen LogP contribution in [0.2, 0.25) is 0 Å². The highest BCUT2D eigenvalue weighted by atomic mass is 16.5. The first-order chi connectivity index (χ1) is 10.1. The second-order valence-electron chi connectivity index (χ2n) is 5.18. The van der Waals surface area contributed by atoms with E-state index in [-0.39, 0.29) is 0 Å². The van der Waals surface area contributed by atoms with Crippen molar-refractivity contribution in [1.29, 1.82) is 0 Å². The number of hydrogen-bond donors (Lipinski definition) is 2. The van der Waals surface area contributed by atoms with E-state index in [0.29, 0.717) is 0 Å². The minimum Gasteiger partial charge on any atom is -0.383 e. The summed E-state index contributed by atoms with van der Waals surface area (Å²) in [4.78, 5) is 11.4. The molecule has 0 amide bonds. The molecule has 1 heterocycles. The van der Waals surface area contributed by atoms with Crippen molar-refractivity contribution in [3.8, 4) is 0 Å². The van der Waals surface area contributed by atoms with Crippen molar-refractivity contribution < 1.29 is 4.74 Å². The summed E-state index contributed by atoms with van der Waals surface area (Å²) in [6.45, 7) is 7.67. The van der Waals surface area contributed by atoms with Gasteiger partial charge in [-0.25, -0.2) is 9.97 Å². The predicted octanol–water partition coefficient (Wildman–Crippen LogP) is 1.77. The second-order valence-corrected chi connectivity index (χ2v) is 5.18. The summed E-state index contributed by atoms with van der Waals surface area (Å²) in [5, 5.41) is 6.56. The van der Waals surface area contributed by atoms with Crippen LogP contribution in [0.4, 0.5) is 11.6 Å². The van der Waals surface area contributed by atoms with Crippen LogP contribution < -0.4 is 10.6 Å². The number of rotatable bonds is 10. The van der Waals surface area contributed by atoms with Crippen LogP contribution in [0.25, 0.3) is 0 Å². The zero-order valence-corrected chi connectivity index (χ0v) is 14.0. The maximum Gasteiger partial charge on any atom is 0.134 e. The Bertz CT molecular complexity index is 425. The standard InChI is InChI=1S/C15H29N5O/c1-6-7-13-18-14(16-3)12(2)15(19-13)17-8-9-20(4)10-11-21-5/h6-11H2,1-5H3,(H2,16,17,18,19). The lowest BCUT2D eigenvalue weighted by Crippen LogP contribution is -2.28. The van der Waals surface area contributed by atoms with Gasteiger partial charge in [0.1, 0.15) is 17.5 Å². The molecule has 0 aliphatic carbocycles. The van der Waals surface area contributed by atoms with E-state index in [9.17, 15) is 0 Å². The lowest BCUT2D eigenvalue weighted by molar-refractivity contribution is 0.163. The minimum absolute atomic E-state index is 0.758. The zero-order chi connectivity index (χ0) is 15.7. The average Bonchev–Trinajstić information content (AvgIpc) is 2.48. The molecular formula is C15H29N5O. The Morgan fingerprint density at radius 3 is 2.52 bits per heavy atom. The van der Waals surface area contributed by atoms with Gasteiger partial charge in [-0.05, 0) is 20.4 Å². The van der Waals surface area contributed by atoms with Crippen molar-refractivity contribution in [3.05, 3.63) is 11.4 Å². The van der Waals surface area contributed by atoms with E-state index in [0.717, 1.165) is 62.1 Å². The zero-order valence-electron chi connectivity index (χ0n) is 14.0. The van der Waals surface area contributed by atoms with Gasteiger partial charge in [0.05, 0.1) is 6.61 Å². The van der Waals surface area contributed by atoms with Crippen molar-refractivity contribution in [1.82, 2.24) is 14.9 Å². The summed E-state index contributed by atoms with van der Waals surface area (Å²) < 4.78 is 5.08. The van der Waals surface area contributed by atoms with E-state index in [4.69, 9.17) is 4.74 Å². The predicted molar refractivity (Wildman–Crippen MR) is 88.2 cm³/mol. The van der Waals surface area contributed by atoms with E-state index >= 15 is 0 Å². The smallest absolute Gasteiger partial charge is 0.134 e. The number of ether oxygens (including phenoxy) is 1. The fourth-order valence-corrected chi connectivity index (χ4v) is 2.04. The Hall–Kier alpha value is -1.40. The van der Waals surface area contributed by atoms with E-state index in [1.165, 1.54) is 0 Å². The maximum absolute atomic E-state index is 5.08. The van der Waals surface area contributed by atoms with Gasteiger partial charge in [-0.15, -0.1) is 0 Å². The van der Waals surface area contributed by atoms with Crippen molar-refractivity contribution in [3.63, 3.8) is 0 Å². The van der Waals surface area contributed by atoms with E-state index < -0.39 is 0 Å². The molecule has 0 aliphatic rings. The molecule has 6 heteroatoms. The first-order valence-corrected chi connectivity index (χ1v) is 7.59. The third-order valence-electron chi connectivity index (χ3n) is 3.37. The van der Waals surface area contributed by atoms with Crippen LogP contribution in [0.3, 0.4) is 0 Å². The summed E-state index contributed by atoms with van der Waals surface area (Å²) >= 11 is 0. The highest BCUT2D eigenvalue weighted by Gasteiger charge is 2.09. The number of methoxy groups -OCH3 is 1. The highest BCUT2D eigenvalue weighted by molar-refractivity contribution is 5.56. The number of aromatic nitrogens is 2. The molecule has 1 rings (SSSR count). The Balaban J connectivity index is 2.62. The van der Waals surface area contributed by atoms with E-state index in [2.05, 4.69) is 39.5 Å². The van der Waals surface area contributed by atoms with Crippen LogP contribution in [-0.2, 0) is 11.2 Å². The summed E-state index contributed by atoms with van der Waals surface area (Å²) in [6.07, 6.45) is 1.95. The summed E-state index contributed by atoms with van der Waals surface area (Å²) in [6, 6.07) is 0. The quantitative estimate of drug-likeness (QED) is 0.686. The second kappa shape index (κ2) is 9.52. The SMILES string of the molecule is CCCc1nc(NC)c(C)c(NCCN(C)CCOC)n1. The molecule has 0 unspecified atom stereocenters. The third kappa shape index (κ3) is 5.85. The number of nitrogens with one attached hydrogen (secondary N) is 2. The van der Waals surface area contributed by atoms with Crippen molar-refractivity contribution in [2.24, 2.45) is 0 Å². The Morgan fingerprint density at radius 1 is 1.19 bits per heavy atom. The van der Waals surface area contributed by atoms with E-state index in [1.807, 2.05) is 14.0 Å². The molecule has 6 nitrogen and oxygen atoms in total. The molecule has 0 aliphatic heterocycles. The highest BCUT2D eigenvalue weighted by Crippen LogP contribution is 2.19. The number of likely N-dealkylation sites (N-methyl/N-ethyl adjacent to an activating group) is 1. The van der Waals surface area contributed by atoms with Gasteiger partial charge in [-0.1, -0.05) is 6.92 Å². The minimum atomic E-state index is 0.758. The van der Waals surface area contributed by atoms with Crippen molar-refractivity contribution >= 4 is 11.6 Å². The van der Waals surface area contributed by atoms with Gasteiger partial charge in [0.15, 0.2) is 0 Å². The Morgan fingerprint density at radius 2 is 1.90 bits per heavy atom. The fourth-order valence-electron chi connectivity index (χ4n) is 2.04. The molecule has 0 radical (unpaired) electrons. The molecule has 0 saturated heterocycles. The molecule has 2 N–H and O–H groups in total. The summed E-state index contributed by atoms with van der Waals surface area (Å²) in [7, 11) is 5.72. The Kier molecular flexibility index (Phi) is 8.00. The van der Waals surface area contributed by atoms with Gasteiger partial charge in [0.25, 0.3) is 0 Å². The van der Waals surface area contributed by atoms with Crippen LogP contribution in [-0.4, -0.2) is 62.3 Å². The van der Waals surface area contributed by atoms with Crippen molar-refractivity contribution in [2.75, 3.05) is 58.1 Å². The van der Waals surface area contributed by atoms with Gasteiger partial charge >= 0.3 is 0 Å². The topological polar surface area (TPSA) is 62.3 Å². The Labute approximate surface area is 128 Å². The molecule has 0 atom stereocenters. The van der Waals surface area contributed by atoms with Gasteiger partial charge < -0.3 is 20.3 Å². The first kappa shape index (κ1) is 17.7. The van der Waals surface area contributed by atoms with Crippen LogP contribution >= 0.6 is 0 Å². The number of anilines is 2. The molecule has 1 aromatic rings. The molecular weight excluding hydrogens is 266 g/mol. The lowest BCUT2D eigenvalue weighted by atomic mass is 10.2. The van der Waals surface area contributed by atoms with Crippen LogP contribution in [0.1, 0.15) is 24.7 Å². The molecule has 0 aromatic carbocycles. The third-order valence-corrected chi connectivity index (χ3v) is 3.37. The molecule has 21 heavy (non-hydrogen) atoms. The summed E-state index contributed by atoms with van der Waals surface area (Å²) in [5.41, 5.74) is 1.07. The molecule has 0 saturated carbocycles. The van der Waals surface area contributed by atoms with Crippen LogP contribution in [0, 0.1) is 6.92 Å². The van der Waals surface area contributed by atoms with Gasteiger partial charge in [-0.2, -0.15) is 0 Å². The van der Waals surface area contributed by atoms with Gasteiger partial charge in [0, 0.05) is 45.8 Å². The van der Waals surface area contributed by atoms with Crippen molar-refractivity contribution in [2.45, 2.75) is 26.7 Å². The maximum atomic E-state index is 5.08. The van der Waals surface area contributed by atoms with E-state index in [1.54, 1.807) is 7.11 Å². The molecule has 120 valence electrons. The first-order valence-electron chi connectivity index (χ1n) is 7.59. The van der Waals surface area contributed by atoms with Gasteiger partial charge in [0.2, 0.25) is 0 Å². The van der Waals surface area contributed by atoms with Crippen LogP contribution in [0.5, 0.6) is 0 Å². The average molecular weight is 295 g/mol. The number of hydrogen-bond acceptors (Lipinski definition) is 6. The lowest BCUT2D eigenvalue weighted by Gasteiger charge is -2.18.